The molecule has 0 bridgehead atoms. The maximum absolute atomic E-state index is 5.65. The summed E-state index contributed by atoms with van der Waals surface area (Å²) >= 11 is 0. The van der Waals surface area contributed by atoms with Crippen molar-refractivity contribution in [3.63, 3.8) is 0 Å². The van der Waals surface area contributed by atoms with Gasteiger partial charge in [0.1, 0.15) is 0 Å². The van der Waals surface area contributed by atoms with Gasteiger partial charge in [-0.1, -0.05) is 40.5 Å². The van der Waals surface area contributed by atoms with E-state index < -0.39 is 0 Å². The molecule has 0 spiro atoms. The second-order valence-corrected chi connectivity index (χ2v) is 5.14. The van der Waals surface area contributed by atoms with Gasteiger partial charge in [0, 0.05) is 0 Å². The van der Waals surface area contributed by atoms with E-state index in [0.29, 0.717) is 0 Å². The third kappa shape index (κ3) is 1.98. The highest BCUT2D eigenvalue weighted by atomic mass is 14.6. The Labute approximate surface area is 89.5 Å². The standard InChI is InChI=1S/C13H27N/c1-5-11-10(4)13(12(11)6-2)9(3)7-8-14/h9-13H,5-8,14H2,1-4H3. The molecule has 0 amide bonds. The van der Waals surface area contributed by atoms with Gasteiger partial charge in [-0.2, -0.15) is 0 Å². The molecule has 5 unspecified atom stereocenters. The largest absolute Gasteiger partial charge is 0.330 e. The first kappa shape index (κ1) is 12.0. The van der Waals surface area contributed by atoms with Crippen LogP contribution in [0.4, 0.5) is 0 Å². The van der Waals surface area contributed by atoms with Crippen molar-refractivity contribution in [2.75, 3.05) is 6.54 Å². The molecule has 0 heterocycles. The van der Waals surface area contributed by atoms with E-state index in [2.05, 4.69) is 27.7 Å². The summed E-state index contributed by atoms with van der Waals surface area (Å²) in [4.78, 5) is 0. The summed E-state index contributed by atoms with van der Waals surface area (Å²) in [6, 6.07) is 0. The van der Waals surface area contributed by atoms with Crippen LogP contribution in [0.25, 0.3) is 0 Å². The molecular formula is C13H27N. The normalized spacial score (nSPS) is 39.2. The third-order valence-electron chi connectivity index (χ3n) is 4.55. The smallest absolute Gasteiger partial charge is 0.00746 e. The number of hydrogen-bond donors (Lipinski definition) is 1. The molecule has 2 N–H and O–H groups in total. The van der Waals surface area contributed by atoms with Crippen LogP contribution >= 0.6 is 0 Å². The Bertz CT molecular complexity index is 163. The molecule has 1 fully saturated rings. The van der Waals surface area contributed by atoms with E-state index >= 15 is 0 Å². The summed E-state index contributed by atoms with van der Waals surface area (Å²) in [5.74, 6) is 4.70. The van der Waals surface area contributed by atoms with Crippen LogP contribution in [-0.4, -0.2) is 6.54 Å². The van der Waals surface area contributed by atoms with Crippen molar-refractivity contribution in [2.45, 2.75) is 47.0 Å². The van der Waals surface area contributed by atoms with Crippen LogP contribution in [0.15, 0.2) is 0 Å². The Morgan fingerprint density at radius 3 is 2.14 bits per heavy atom. The maximum atomic E-state index is 5.65. The summed E-state index contributed by atoms with van der Waals surface area (Å²) in [6.45, 7) is 10.4. The number of rotatable bonds is 5. The molecule has 1 nitrogen and oxygen atoms in total. The zero-order valence-corrected chi connectivity index (χ0v) is 10.3. The van der Waals surface area contributed by atoms with Crippen molar-refractivity contribution in [1.82, 2.24) is 0 Å². The molecule has 0 saturated heterocycles. The fourth-order valence-corrected chi connectivity index (χ4v) is 3.85. The van der Waals surface area contributed by atoms with Crippen LogP contribution in [0.5, 0.6) is 0 Å². The predicted molar refractivity (Wildman–Crippen MR) is 63.1 cm³/mol. The van der Waals surface area contributed by atoms with Gasteiger partial charge < -0.3 is 5.73 Å². The summed E-state index contributed by atoms with van der Waals surface area (Å²) < 4.78 is 0. The minimum absolute atomic E-state index is 0.836. The van der Waals surface area contributed by atoms with Gasteiger partial charge in [-0.3, -0.25) is 0 Å². The number of nitrogens with two attached hydrogens (primary N) is 1. The highest BCUT2D eigenvalue weighted by Gasteiger charge is 2.46. The van der Waals surface area contributed by atoms with E-state index in [0.717, 1.165) is 36.1 Å². The first-order chi connectivity index (χ1) is 6.67. The SMILES string of the molecule is CCC1C(C)C(C(C)CCN)C1CC. The lowest BCUT2D eigenvalue weighted by atomic mass is 9.52. The van der Waals surface area contributed by atoms with Gasteiger partial charge in [0.25, 0.3) is 0 Å². The van der Waals surface area contributed by atoms with Gasteiger partial charge >= 0.3 is 0 Å². The zero-order valence-electron chi connectivity index (χ0n) is 10.3. The van der Waals surface area contributed by atoms with Crippen molar-refractivity contribution in [3.8, 4) is 0 Å². The van der Waals surface area contributed by atoms with Gasteiger partial charge in [0.2, 0.25) is 0 Å². The van der Waals surface area contributed by atoms with E-state index in [-0.39, 0.29) is 0 Å². The van der Waals surface area contributed by atoms with E-state index in [1.807, 2.05) is 0 Å². The Hall–Kier alpha value is -0.0400. The Morgan fingerprint density at radius 1 is 1.14 bits per heavy atom. The van der Waals surface area contributed by atoms with Gasteiger partial charge in [0.15, 0.2) is 0 Å². The van der Waals surface area contributed by atoms with Gasteiger partial charge in [-0.25, -0.2) is 0 Å². The molecule has 14 heavy (non-hydrogen) atoms. The van der Waals surface area contributed by atoms with Gasteiger partial charge in [-0.15, -0.1) is 0 Å². The van der Waals surface area contributed by atoms with Crippen LogP contribution in [0.1, 0.15) is 47.0 Å². The molecule has 1 aliphatic rings. The first-order valence-corrected chi connectivity index (χ1v) is 6.37. The van der Waals surface area contributed by atoms with E-state index in [1.165, 1.54) is 19.3 Å². The molecular weight excluding hydrogens is 170 g/mol. The average molecular weight is 197 g/mol. The summed E-state index contributed by atoms with van der Waals surface area (Å²) in [5, 5.41) is 0. The molecule has 0 aliphatic heterocycles. The van der Waals surface area contributed by atoms with Crippen molar-refractivity contribution < 1.29 is 0 Å². The third-order valence-corrected chi connectivity index (χ3v) is 4.55. The fourth-order valence-electron chi connectivity index (χ4n) is 3.85. The fraction of sp³-hybridized carbons (Fsp3) is 1.00. The monoisotopic (exact) mass is 197 g/mol. The quantitative estimate of drug-likeness (QED) is 0.719. The molecule has 0 aromatic heterocycles. The van der Waals surface area contributed by atoms with Gasteiger partial charge in [0.05, 0.1) is 0 Å². The van der Waals surface area contributed by atoms with Crippen LogP contribution in [0, 0.1) is 29.6 Å². The lowest BCUT2D eigenvalue weighted by Crippen LogP contribution is -2.48. The lowest BCUT2D eigenvalue weighted by Gasteiger charge is -2.53. The molecule has 0 aromatic carbocycles. The van der Waals surface area contributed by atoms with Crippen molar-refractivity contribution >= 4 is 0 Å². The van der Waals surface area contributed by atoms with E-state index in [9.17, 15) is 0 Å². The topological polar surface area (TPSA) is 26.0 Å². The number of hydrogen-bond acceptors (Lipinski definition) is 1. The van der Waals surface area contributed by atoms with Crippen LogP contribution in [-0.2, 0) is 0 Å². The highest BCUT2D eigenvalue weighted by Crippen LogP contribution is 2.53. The van der Waals surface area contributed by atoms with Crippen molar-refractivity contribution in [3.05, 3.63) is 0 Å². The van der Waals surface area contributed by atoms with Crippen molar-refractivity contribution in [1.29, 1.82) is 0 Å². The van der Waals surface area contributed by atoms with Crippen molar-refractivity contribution in [2.24, 2.45) is 35.3 Å². The van der Waals surface area contributed by atoms with E-state index in [1.54, 1.807) is 0 Å². The Balaban J connectivity index is 2.53. The summed E-state index contributed by atoms with van der Waals surface area (Å²) in [7, 11) is 0. The summed E-state index contributed by atoms with van der Waals surface area (Å²) in [5.41, 5.74) is 5.65. The molecule has 1 saturated carbocycles. The van der Waals surface area contributed by atoms with Crippen LogP contribution in [0.3, 0.4) is 0 Å². The molecule has 0 radical (unpaired) electrons. The van der Waals surface area contributed by atoms with Crippen LogP contribution in [0.2, 0.25) is 0 Å². The molecule has 0 aromatic rings. The zero-order chi connectivity index (χ0) is 10.7. The average Bonchev–Trinajstić information content (AvgIpc) is 2.15. The van der Waals surface area contributed by atoms with Gasteiger partial charge in [-0.05, 0) is 42.6 Å². The first-order valence-electron chi connectivity index (χ1n) is 6.37. The molecule has 5 atom stereocenters. The summed E-state index contributed by atoms with van der Waals surface area (Å²) in [6.07, 6.45) is 3.94. The molecule has 1 aliphatic carbocycles. The lowest BCUT2D eigenvalue weighted by molar-refractivity contribution is -0.0508. The Morgan fingerprint density at radius 2 is 1.71 bits per heavy atom. The minimum atomic E-state index is 0.836. The van der Waals surface area contributed by atoms with Crippen LogP contribution < -0.4 is 5.73 Å². The Kier molecular flexibility index (Phi) is 4.43. The maximum Gasteiger partial charge on any atom is -0.00746 e. The second kappa shape index (κ2) is 5.16. The second-order valence-electron chi connectivity index (χ2n) is 5.14. The molecule has 84 valence electrons. The molecule has 1 heteroatoms. The predicted octanol–water partition coefficient (Wildman–Crippen LogP) is 3.29. The molecule has 1 rings (SSSR count). The van der Waals surface area contributed by atoms with E-state index in [4.69, 9.17) is 5.73 Å². The minimum Gasteiger partial charge on any atom is -0.330 e. The highest BCUT2D eigenvalue weighted by molar-refractivity contribution is 4.95.